The molecule has 1 unspecified atom stereocenters. The molecule has 4 nitrogen and oxygen atoms in total. The first-order valence-electron chi connectivity index (χ1n) is 7.30. The third-order valence-electron chi connectivity index (χ3n) is 3.97. The summed E-state index contributed by atoms with van der Waals surface area (Å²) >= 11 is 0. The van der Waals surface area contributed by atoms with Gasteiger partial charge in [-0.3, -0.25) is 4.90 Å². The summed E-state index contributed by atoms with van der Waals surface area (Å²) in [4.78, 5) is 6.94. The van der Waals surface area contributed by atoms with Gasteiger partial charge in [0.15, 0.2) is 0 Å². The Labute approximate surface area is 120 Å². The van der Waals surface area contributed by atoms with Crippen molar-refractivity contribution in [2.45, 2.75) is 19.0 Å². The maximum atomic E-state index is 4.44. The van der Waals surface area contributed by atoms with Crippen LogP contribution in [0.25, 0.3) is 0 Å². The van der Waals surface area contributed by atoms with Crippen LogP contribution in [0.3, 0.4) is 0 Å². The zero-order chi connectivity index (χ0) is 13.8. The number of hydrogen-bond acceptors (Lipinski definition) is 3. The summed E-state index contributed by atoms with van der Waals surface area (Å²) in [6.07, 6.45) is 5.08. The molecule has 1 atom stereocenters. The Hall–Kier alpha value is -1.65. The minimum Gasteiger partial charge on any atom is -0.337 e. The number of imidazole rings is 1. The summed E-state index contributed by atoms with van der Waals surface area (Å²) < 4.78 is 2.11. The van der Waals surface area contributed by atoms with E-state index in [9.17, 15) is 0 Å². The van der Waals surface area contributed by atoms with Gasteiger partial charge in [0.1, 0.15) is 5.82 Å². The fraction of sp³-hybridized carbons (Fsp3) is 0.438. The molecule has 1 aliphatic rings. The molecule has 2 aromatic rings. The van der Waals surface area contributed by atoms with Crippen LogP contribution in [0.1, 0.15) is 23.9 Å². The molecule has 0 radical (unpaired) electrons. The Morgan fingerprint density at radius 1 is 1.30 bits per heavy atom. The maximum absolute atomic E-state index is 4.44. The van der Waals surface area contributed by atoms with E-state index in [2.05, 4.69) is 57.1 Å². The van der Waals surface area contributed by atoms with Crippen LogP contribution in [0.2, 0.25) is 0 Å². The molecule has 0 bridgehead atoms. The highest BCUT2D eigenvalue weighted by Gasteiger charge is 2.19. The van der Waals surface area contributed by atoms with Gasteiger partial charge in [0.25, 0.3) is 0 Å². The summed E-state index contributed by atoms with van der Waals surface area (Å²) in [7, 11) is 2.06. The zero-order valence-corrected chi connectivity index (χ0v) is 12.0. The highest BCUT2D eigenvalue weighted by molar-refractivity contribution is 5.19. The van der Waals surface area contributed by atoms with E-state index in [1.807, 2.05) is 12.4 Å². The van der Waals surface area contributed by atoms with Crippen LogP contribution in [0.5, 0.6) is 0 Å². The average molecular weight is 270 g/mol. The minimum atomic E-state index is 0.416. The molecule has 106 valence electrons. The first-order valence-corrected chi connectivity index (χ1v) is 7.30. The van der Waals surface area contributed by atoms with Gasteiger partial charge in [-0.05, 0) is 25.1 Å². The maximum Gasteiger partial charge on any atom is 0.122 e. The Balaban J connectivity index is 1.71. The predicted octanol–water partition coefficient (Wildman–Crippen LogP) is 1.96. The number of nitrogens with one attached hydrogen (secondary N) is 1. The molecule has 1 N–H and O–H groups in total. The Bertz CT molecular complexity index is 534. The third kappa shape index (κ3) is 3.08. The molecule has 3 rings (SSSR count). The number of benzene rings is 1. The molecular formula is C16H22N4. The molecule has 0 spiro atoms. The van der Waals surface area contributed by atoms with E-state index >= 15 is 0 Å². The highest BCUT2D eigenvalue weighted by Crippen LogP contribution is 2.18. The fourth-order valence-corrected chi connectivity index (χ4v) is 2.79. The standard InChI is InChI=1S/C16H22N4/c1-19-11-9-18-16(19)13-20-10-5-8-17-15(12-20)14-6-3-2-4-7-14/h2-4,6-7,9,11,15,17H,5,8,10,12-13H2,1H3. The number of hydrogen-bond donors (Lipinski definition) is 1. The number of nitrogens with zero attached hydrogens (tertiary/aromatic N) is 3. The molecular weight excluding hydrogens is 248 g/mol. The summed E-state index contributed by atoms with van der Waals surface area (Å²) in [6.45, 7) is 4.17. The van der Waals surface area contributed by atoms with Gasteiger partial charge in [-0.15, -0.1) is 0 Å². The van der Waals surface area contributed by atoms with Crippen molar-refractivity contribution < 1.29 is 0 Å². The lowest BCUT2D eigenvalue weighted by Crippen LogP contribution is -2.31. The molecule has 20 heavy (non-hydrogen) atoms. The topological polar surface area (TPSA) is 33.1 Å². The van der Waals surface area contributed by atoms with Gasteiger partial charge in [-0.1, -0.05) is 30.3 Å². The van der Waals surface area contributed by atoms with Gasteiger partial charge < -0.3 is 9.88 Å². The molecule has 1 aromatic heterocycles. The van der Waals surface area contributed by atoms with E-state index in [1.54, 1.807) is 0 Å². The van der Waals surface area contributed by atoms with Crippen LogP contribution in [0, 0.1) is 0 Å². The van der Waals surface area contributed by atoms with Crippen LogP contribution in [-0.2, 0) is 13.6 Å². The van der Waals surface area contributed by atoms with Gasteiger partial charge in [-0.2, -0.15) is 0 Å². The quantitative estimate of drug-likeness (QED) is 0.925. The molecule has 0 aliphatic carbocycles. The Morgan fingerprint density at radius 2 is 2.15 bits per heavy atom. The normalized spacial score (nSPS) is 20.8. The van der Waals surface area contributed by atoms with Gasteiger partial charge >= 0.3 is 0 Å². The van der Waals surface area contributed by atoms with Gasteiger partial charge in [0.05, 0.1) is 6.54 Å². The highest BCUT2D eigenvalue weighted by atomic mass is 15.2. The van der Waals surface area contributed by atoms with Crippen molar-refractivity contribution in [3.8, 4) is 0 Å². The van der Waals surface area contributed by atoms with Gasteiger partial charge in [0.2, 0.25) is 0 Å². The molecule has 0 amide bonds. The van der Waals surface area contributed by atoms with Crippen molar-refractivity contribution in [1.29, 1.82) is 0 Å². The van der Waals surface area contributed by atoms with Crippen LogP contribution in [0.4, 0.5) is 0 Å². The van der Waals surface area contributed by atoms with Gasteiger partial charge in [-0.25, -0.2) is 4.98 Å². The predicted molar refractivity (Wildman–Crippen MR) is 80.3 cm³/mol. The summed E-state index contributed by atoms with van der Waals surface area (Å²) in [6, 6.07) is 11.1. The van der Waals surface area contributed by atoms with Crippen molar-refractivity contribution in [2.75, 3.05) is 19.6 Å². The van der Waals surface area contributed by atoms with Crippen LogP contribution >= 0.6 is 0 Å². The smallest absolute Gasteiger partial charge is 0.122 e. The molecule has 2 heterocycles. The second kappa shape index (κ2) is 6.20. The van der Waals surface area contributed by atoms with E-state index < -0.39 is 0 Å². The van der Waals surface area contributed by atoms with E-state index in [1.165, 1.54) is 12.0 Å². The first-order chi connectivity index (χ1) is 9.83. The van der Waals surface area contributed by atoms with Crippen LogP contribution in [0.15, 0.2) is 42.7 Å². The van der Waals surface area contributed by atoms with E-state index in [0.717, 1.165) is 32.0 Å². The largest absolute Gasteiger partial charge is 0.337 e. The SMILES string of the molecule is Cn1ccnc1CN1CCCNC(c2ccccc2)C1. The second-order valence-corrected chi connectivity index (χ2v) is 5.46. The fourth-order valence-electron chi connectivity index (χ4n) is 2.79. The van der Waals surface area contributed by atoms with Crippen molar-refractivity contribution >= 4 is 0 Å². The Kier molecular flexibility index (Phi) is 4.14. The summed E-state index contributed by atoms with van der Waals surface area (Å²) in [5, 5.41) is 3.65. The monoisotopic (exact) mass is 270 g/mol. The summed E-state index contributed by atoms with van der Waals surface area (Å²) in [5.74, 6) is 1.14. The van der Waals surface area contributed by atoms with E-state index in [0.29, 0.717) is 6.04 Å². The summed E-state index contributed by atoms with van der Waals surface area (Å²) in [5.41, 5.74) is 1.37. The third-order valence-corrected chi connectivity index (χ3v) is 3.97. The zero-order valence-electron chi connectivity index (χ0n) is 12.0. The van der Waals surface area contributed by atoms with Crippen molar-refractivity contribution in [2.24, 2.45) is 7.05 Å². The molecule has 0 saturated carbocycles. The van der Waals surface area contributed by atoms with E-state index in [4.69, 9.17) is 0 Å². The van der Waals surface area contributed by atoms with Crippen LogP contribution < -0.4 is 5.32 Å². The lowest BCUT2D eigenvalue weighted by molar-refractivity contribution is 0.252. The number of rotatable bonds is 3. The molecule has 1 aliphatic heterocycles. The van der Waals surface area contributed by atoms with Crippen molar-refractivity contribution in [1.82, 2.24) is 19.8 Å². The van der Waals surface area contributed by atoms with Crippen molar-refractivity contribution in [3.63, 3.8) is 0 Å². The van der Waals surface area contributed by atoms with Crippen LogP contribution in [-0.4, -0.2) is 34.1 Å². The average Bonchev–Trinajstić information content (AvgIpc) is 2.75. The number of aromatic nitrogens is 2. The minimum absolute atomic E-state index is 0.416. The molecule has 4 heteroatoms. The van der Waals surface area contributed by atoms with Gasteiger partial charge in [0, 0.05) is 32.0 Å². The number of aryl methyl sites for hydroxylation is 1. The molecule has 1 aromatic carbocycles. The lowest BCUT2D eigenvalue weighted by Gasteiger charge is -2.24. The lowest BCUT2D eigenvalue weighted by atomic mass is 10.1. The first kappa shape index (κ1) is 13.3. The second-order valence-electron chi connectivity index (χ2n) is 5.46. The molecule has 1 fully saturated rings. The van der Waals surface area contributed by atoms with E-state index in [-0.39, 0.29) is 0 Å². The Morgan fingerprint density at radius 3 is 2.90 bits per heavy atom. The van der Waals surface area contributed by atoms with Crippen molar-refractivity contribution in [3.05, 3.63) is 54.1 Å². The molecule has 1 saturated heterocycles.